The van der Waals surface area contributed by atoms with Crippen LogP contribution in [0.3, 0.4) is 0 Å². The molecule has 0 bridgehead atoms. The third kappa shape index (κ3) is 7.64. The predicted molar refractivity (Wildman–Crippen MR) is 52.8 cm³/mol. The molecule has 11 heavy (non-hydrogen) atoms. The van der Waals surface area contributed by atoms with Crippen LogP contribution in [-0.2, 0) is 0 Å². The van der Waals surface area contributed by atoms with Gasteiger partial charge in [-0.15, -0.1) is 0 Å². The Labute approximate surface area is 71.7 Å². The molecule has 0 radical (unpaired) electrons. The summed E-state index contributed by atoms with van der Waals surface area (Å²) in [7, 11) is 0. The minimum Gasteiger partial charge on any atom is -0.0999 e. The van der Waals surface area contributed by atoms with E-state index in [4.69, 9.17) is 0 Å². The lowest BCUT2D eigenvalue weighted by atomic mass is 10.0. The highest BCUT2D eigenvalue weighted by Gasteiger charge is 1.95. The molecule has 1 aliphatic rings. The van der Waals surface area contributed by atoms with Crippen LogP contribution in [0.1, 0.15) is 58.8 Å². The highest BCUT2D eigenvalue weighted by atomic mass is 14.0. The fourth-order valence-corrected chi connectivity index (χ4v) is 0.780. The van der Waals surface area contributed by atoms with Gasteiger partial charge in [-0.3, -0.25) is 0 Å². The Balaban J connectivity index is 0.000000207. The zero-order valence-electron chi connectivity index (χ0n) is 8.16. The molecule has 0 atom stereocenters. The van der Waals surface area contributed by atoms with Crippen molar-refractivity contribution in [2.24, 2.45) is 0 Å². The van der Waals surface area contributed by atoms with Crippen molar-refractivity contribution in [1.82, 2.24) is 0 Å². The van der Waals surface area contributed by atoms with Gasteiger partial charge in [0.15, 0.2) is 0 Å². The number of hydrogen-bond donors (Lipinski definition) is 0. The molecule has 1 fully saturated rings. The van der Waals surface area contributed by atoms with E-state index in [-0.39, 0.29) is 0 Å². The van der Waals surface area contributed by atoms with Gasteiger partial charge in [-0.05, 0) is 12.8 Å². The predicted octanol–water partition coefficient (Wildman–Crippen LogP) is 4.31. The fraction of sp³-hybridized carbons (Fsp3) is 0.818. The Bertz CT molecular complexity index is 84.2. The van der Waals surface area contributed by atoms with Crippen LogP contribution in [0.2, 0.25) is 0 Å². The number of rotatable bonds is 3. The molecule has 66 valence electrons. The summed E-state index contributed by atoms with van der Waals surface area (Å²) in [4.78, 5) is 0. The maximum absolute atomic E-state index is 3.86. The Hall–Kier alpha value is -0.260. The fourth-order valence-electron chi connectivity index (χ4n) is 0.780. The molecule has 0 amide bonds. The second kappa shape index (κ2) is 7.84. The Morgan fingerprint density at radius 3 is 1.64 bits per heavy atom. The summed E-state index contributed by atoms with van der Waals surface area (Å²) in [5.41, 5.74) is 1.38. The van der Waals surface area contributed by atoms with Crippen molar-refractivity contribution >= 4 is 0 Å². The summed E-state index contributed by atoms with van der Waals surface area (Å²) in [6.07, 6.45) is 9.59. The number of allylic oxidation sites excluding steroid dienone is 1. The van der Waals surface area contributed by atoms with Gasteiger partial charge < -0.3 is 0 Å². The molecule has 0 unspecified atom stereocenters. The summed E-state index contributed by atoms with van der Waals surface area (Å²) >= 11 is 0. The van der Waals surface area contributed by atoms with E-state index in [2.05, 4.69) is 20.4 Å². The van der Waals surface area contributed by atoms with E-state index in [0.29, 0.717) is 0 Å². The molecular weight excluding hydrogens is 132 g/mol. The molecule has 0 aromatic heterocycles. The van der Waals surface area contributed by atoms with E-state index in [1.807, 2.05) is 0 Å². The summed E-state index contributed by atoms with van der Waals surface area (Å²) in [6, 6.07) is 0. The van der Waals surface area contributed by atoms with E-state index in [1.165, 1.54) is 44.1 Å². The van der Waals surface area contributed by atoms with Crippen LogP contribution in [0.5, 0.6) is 0 Å². The molecule has 0 heteroatoms. The lowest BCUT2D eigenvalue weighted by Gasteiger charge is -2.05. The topological polar surface area (TPSA) is 0 Å². The van der Waals surface area contributed by atoms with E-state index in [1.54, 1.807) is 0 Å². The van der Waals surface area contributed by atoms with Crippen molar-refractivity contribution in [2.75, 3.05) is 0 Å². The molecule has 1 aliphatic carbocycles. The Morgan fingerprint density at radius 2 is 1.55 bits per heavy atom. The normalized spacial score (nSPS) is 14.4. The van der Waals surface area contributed by atoms with E-state index >= 15 is 0 Å². The maximum Gasteiger partial charge on any atom is -0.0326 e. The first-order valence-electron chi connectivity index (χ1n) is 4.97. The maximum atomic E-state index is 3.86. The zero-order chi connectivity index (χ0) is 8.53. The molecule has 0 aromatic rings. The van der Waals surface area contributed by atoms with Gasteiger partial charge in [0, 0.05) is 0 Å². The average molecular weight is 154 g/mol. The molecule has 0 N–H and O–H groups in total. The first kappa shape index (κ1) is 10.7. The summed E-state index contributed by atoms with van der Waals surface area (Å²) < 4.78 is 0. The van der Waals surface area contributed by atoms with Gasteiger partial charge in [-0.1, -0.05) is 58.1 Å². The monoisotopic (exact) mass is 154 g/mol. The summed E-state index contributed by atoms with van der Waals surface area (Å²) in [5.74, 6) is 0. The standard InChI is InChI=1S/C7H14.C4H8/c1-4-6-7(3)5-2;1-2-4-3-1/h3-6H2,1-2H3;1-4H2. The molecular formula is C11H22. The zero-order valence-corrected chi connectivity index (χ0v) is 8.16. The van der Waals surface area contributed by atoms with Crippen molar-refractivity contribution in [1.29, 1.82) is 0 Å². The Morgan fingerprint density at radius 1 is 1.09 bits per heavy atom. The van der Waals surface area contributed by atoms with Gasteiger partial charge in [0.25, 0.3) is 0 Å². The third-order valence-electron chi connectivity index (χ3n) is 2.10. The highest BCUT2D eigenvalue weighted by Crippen LogP contribution is 2.15. The van der Waals surface area contributed by atoms with Crippen LogP contribution >= 0.6 is 0 Å². The van der Waals surface area contributed by atoms with Gasteiger partial charge >= 0.3 is 0 Å². The van der Waals surface area contributed by atoms with Crippen LogP contribution < -0.4 is 0 Å². The van der Waals surface area contributed by atoms with Crippen molar-refractivity contribution in [3.8, 4) is 0 Å². The van der Waals surface area contributed by atoms with Crippen LogP contribution in [-0.4, -0.2) is 0 Å². The molecule has 0 spiro atoms. The van der Waals surface area contributed by atoms with E-state index in [0.717, 1.165) is 6.42 Å². The highest BCUT2D eigenvalue weighted by molar-refractivity contribution is 4.91. The van der Waals surface area contributed by atoms with E-state index < -0.39 is 0 Å². The summed E-state index contributed by atoms with van der Waals surface area (Å²) in [5, 5.41) is 0. The van der Waals surface area contributed by atoms with Crippen LogP contribution in [0.4, 0.5) is 0 Å². The van der Waals surface area contributed by atoms with Crippen LogP contribution in [0.25, 0.3) is 0 Å². The largest absolute Gasteiger partial charge is 0.0999 e. The molecule has 0 aromatic carbocycles. The Kier molecular flexibility index (Phi) is 7.66. The minimum atomic E-state index is 1.15. The molecule has 0 heterocycles. The molecule has 0 saturated heterocycles. The quantitative estimate of drug-likeness (QED) is 0.531. The number of hydrogen-bond acceptors (Lipinski definition) is 0. The first-order valence-corrected chi connectivity index (χ1v) is 4.97. The van der Waals surface area contributed by atoms with Gasteiger partial charge in [-0.25, -0.2) is 0 Å². The van der Waals surface area contributed by atoms with E-state index in [9.17, 15) is 0 Å². The smallest absolute Gasteiger partial charge is 0.0326 e. The van der Waals surface area contributed by atoms with Gasteiger partial charge in [0.05, 0.1) is 0 Å². The second-order valence-electron chi connectivity index (χ2n) is 3.27. The van der Waals surface area contributed by atoms with Crippen molar-refractivity contribution in [3.05, 3.63) is 12.2 Å². The minimum absolute atomic E-state index is 1.15. The average Bonchev–Trinajstić information content (AvgIpc) is 1.85. The second-order valence-corrected chi connectivity index (χ2v) is 3.27. The van der Waals surface area contributed by atoms with Crippen molar-refractivity contribution < 1.29 is 0 Å². The lowest BCUT2D eigenvalue weighted by molar-refractivity contribution is 0.504. The molecule has 0 nitrogen and oxygen atoms in total. The SMILES string of the molecule is C1CCC1.C=C(CC)CCC. The summed E-state index contributed by atoms with van der Waals surface area (Å²) in [6.45, 7) is 8.20. The van der Waals surface area contributed by atoms with Gasteiger partial charge in [-0.2, -0.15) is 0 Å². The third-order valence-corrected chi connectivity index (χ3v) is 2.10. The lowest BCUT2D eigenvalue weighted by Crippen LogP contribution is -1.85. The van der Waals surface area contributed by atoms with Crippen LogP contribution in [0, 0.1) is 0 Å². The first-order chi connectivity index (χ1) is 5.31. The molecule has 1 saturated carbocycles. The molecule has 1 rings (SSSR count). The van der Waals surface area contributed by atoms with Crippen LogP contribution in [0.15, 0.2) is 12.2 Å². The van der Waals surface area contributed by atoms with Crippen molar-refractivity contribution in [2.45, 2.75) is 58.8 Å². The van der Waals surface area contributed by atoms with Crippen molar-refractivity contribution in [3.63, 3.8) is 0 Å². The van der Waals surface area contributed by atoms with Gasteiger partial charge in [0.2, 0.25) is 0 Å². The molecule has 0 aliphatic heterocycles. The van der Waals surface area contributed by atoms with Gasteiger partial charge in [0.1, 0.15) is 0 Å².